The van der Waals surface area contributed by atoms with E-state index >= 15 is 0 Å². The molecular formula is C9H20BNO3. The lowest BCUT2D eigenvalue weighted by Gasteiger charge is -2.21. The Balaban J connectivity index is 2.01. The van der Waals surface area contributed by atoms with Gasteiger partial charge in [-0.15, -0.1) is 0 Å². The Hall–Kier alpha value is -0.0951. The summed E-state index contributed by atoms with van der Waals surface area (Å²) in [7, 11) is -0.431. The Bertz CT molecular complexity index is 138. The molecule has 1 rings (SSSR count). The third-order valence-electron chi connectivity index (χ3n) is 2.35. The smallest absolute Gasteiger partial charge is 0.386 e. The van der Waals surface area contributed by atoms with Crippen molar-refractivity contribution in [2.75, 3.05) is 39.5 Å². The van der Waals surface area contributed by atoms with Gasteiger partial charge in [0.25, 0.3) is 0 Å². The fourth-order valence-electron chi connectivity index (χ4n) is 1.38. The van der Waals surface area contributed by atoms with Crippen LogP contribution in [0.25, 0.3) is 0 Å². The van der Waals surface area contributed by atoms with E-state index in [1.54, 1.807) is 0 Å². The van der Waals surface area contributed by atoms with E-state index in [1.165, 1.54) is 0 Å². The molecule has 4 nitrogen and oxygen atoms in total. The molecule has 1 fully saturated rings. The van der Waals surface area contributed by atoms with Crippen LogP contribution in [0.5, 0.6) is 0 Å². The van der Waals surface area contributed by atoms with E-state index in [-0.39, 0.29) is 0 Å². The summed E-state index contributed by atoms with van der Waals surface area (Å²) in [5.41, 5.74) is 0. The zero-order valence-corrected chi connectivity index (χ0v) is 9.20. The zero-order valence-electron chi connectivity index (χ0n) is 9.20. The molecular weight excluding hydrogens is 181 g/mol. The quantitative estimate of drug-likeness (QED) is 0.594. The summed E-state index contributed by atoms with van der Waals surface area (Å²) in [6.45, 7) is 9.53. The van der Waals surface area contributed by atoms with Crippen molar-refractivity contribution in [3.63, 3.8) is 0 Å². The van der Waals surface area contributed by atoms with Crippen LogP contribution in [0.4, 0.5) is 0 Å². The highest BCUT2D eigenvalue weighted by Crippen LogP contribution is 2.02. The summed E-state index contributed by atoms with van der Waals surface area (Å²) < 4.78 is 16.0. The minimum Gasteiger partial charge on any atom is -0.386 e. The van der Waals surface area contributed by atoms with E-state index in [4.69, 9.17) is 14.0 Å². The average Bonchev–Trinajstić information content (AvgIpc) is 2.26. The van der Waals surface area contributed by atoms with Crippen LogP contribution in [0.3, 0.4) is 0 Å². The van der Waals surface area contributed by atoms with Crippen molar-refractivity contribution in [2.24, 2.45) is 0 Å². The molecule has 0 unspecified atom stereocenters. The summed E-state index contributed by atoms with van der Waals surface area (Å²) in [5, 5.41) is 0. The Morgan fingerprint density at radius 3 is 2.43 bits per heavy atom. The van der Waals surface area contributed by atoms with Crippen LogP contribution in [0, 0.1) is 0 Å². The van der Waals surface area contributed by atoms with Gasteiger partial charge in [-0.25, -0.2) is 0 Å². The Morgan fingerprint density at radius 2 is 1.86 bits per heavy atom. The van der Waals surface area contributed by atoms with E-state index in [1.807, 2.05) is 0 Å². The topological polar surface area (TPSA) is 30.9 Å². The van der Waals surface area contributed by atoms with Gasteiger partial charge in [-0.05, 0) is 19.5 Å². The molecule has 0 radical (unpaired) electrons. The summed E-state index contributed by atoms with van der Waals surface area (Å²) in [5.74, 6) is 0. The Morgan fingerprint density at radius 1 is 1.21 bits per heavy atom. The first-order chi connectivity index (χ1) is 6.86. The molecule has 0 aliphatic carbocycles. The van der Waals surface area contributed by atoms with Crippen molar-refractivity contribution in [3.8, 4) is 0 Å². The first-order valence-electron chi connectivity index (χ1n) is 5.44. The monoisotopic (exact) mass is 201 g/mol. The van der Waals surface area contributed by atoms with Crippen molar-refractivity contribution in [1.82, 2.24) is 4.90 Å². The zero-order chi connectivity index (χ0) is 10.2. The van der Waals surface area contributed by atoms with Crippen LogP contribution >= 0.6 is 0 Å². The van der Waals surface area contributed by atoms with Gasteiger partial charge in [0.05, 0.1) is 0 Å². The minimum atomic E-state index is -0.431. The Kier molecular flexibility index (Phi) is 6.19. The maximum atomic E-state index is 5.43. The SMILES string of the molecule is CCN(CC)CCOB1OCCCO1. The van der Waals surface area contributed by atoms with Gasteiger partial charge >= 0.3 is 7.32 Å². The van der Waals surface area contributed by atoms with Gasteiger partial charge in [0, 0.05) is 26.4 Å². The fraction of sp³-hybridized carbons (Fsp3) is 1.00. The van der Waals surface area contributed by atoms with Crippen molar-refractivity contribution < 1.29 is 14.0 Å². The van der Waals surface area contributed by atoms with Crippen molar-refractivity contribution >= 4 is 7.32 Å². The molecule has 1 aliphatic rings. The molecule has 0 aromatic heterocycles. The molecule has 0 aromatic carbocycles. The molecule has 5 heteroatoms. The van der Waals surface area contributed by atoms with Crippen LogP contribution in [-0.2, 0) is 14.0 Å². The number of hydrogen-bond acceptors (Lipinski definition) is 4. The minimum absolute atomic E-state index is 0.431. The van der Waals surface area contributed by atoms with Crippen molar-refractivity contribution in [3.05, 3.63) is 0 Å². The largest absolute Gasteiger partial charge is 0.639 e. The van der Waals surface area contributed by atoms with Gasteiger partial charge in [0.2, 0.25) is 0 Å². The maximum absolute atomic E-state index is 5.43. The fourth-order valence-corrected chi connectivity index (χ4v) is 1.38. The average molecular weight is 201 g/mol. The second kappa shape index (κ2) is 7.23. The van der Waals surface area contributed by atoms with Gasteiger partial charge in [0.15, 0.2) is 0 Å². The molecule has 0 amide bonds. The van der Waals surface area contributed by atoms with E-state index in [0.717, 1.165) is 39.3 Å². The third-order valence-corrected chi connectivity index (χ3v) is 2.35. The number of likely N-dealkylation sites (N-methyl/N-ethyl adjacent to an activating group) is 1. The normalized spacial score (nSPS) is 17.8. The van der Waals surface area contributed by atoms with Gasteiger partial charge in [-0.3, -0.25) is 0 Å². The van der Waals surface area contributed by atoms with Gasteiger partial charge in [-0.2, -0.15) is 0 Å². The molecule has 1 aliphatic heterocycles. The molecule has 82 valence electrons. The molecule has 0 bridgehead atoms. The predicted octanol–water partition coefficient (Wildman–Crippen LogP) is 0.767. The first-order valence-corrected chi connectivity index (χ1v) is 5.44. The predicted molar refractivity (Wildman–Crippen MR) is 56.0 cm³/mol. The van der Waals surface area contributed by atoms with Gasteiger partial charge < -0.3 is 18.9 Å². The third kappa shape index (κ3) is 4.42. The van der Waals surface area contributed by atoms with Crippen molar-refractivity contribution in [1.29, 1.82) is 0 Å². The molecule has 1 saturated heterocycles. The lowest BCUT2D eigenvalue weighted by atomic mass is 10.2. The molecule has 0 spiro atoms. The Labute approximate surface area is 86.7 Å². The second-order valence-electron chi connectivity index (χ2n) is 3.28. The summed E-state index contributed by atoms with van der Waals surface area (Å²) in [4.78, 5) is 2.31. The lowest BCUT2D eigenvalue weighted by Crippen LogP contribution is -2.36. The van der Waals surface area contributed by atoms with E-state index in [0.29, 0.717) is 6.61 Å². The maximum Gasteiger partial charge on any atom is 0.639 e. The van der Waals surface area contributed by atoms with Gasteiger partial charge in [0.1, 0.15) is 0 Å². The molecule has 0 atom stereocenters. The second-order valence-corrected chi connectivity index (χ2v) is 3.28. The standard InChI is InChI=1S/C9H20BNO3/c1-3-11(4-2)6-9-14-10-12-7-5-8-13-10/h3-9H2,1-2H3. The summed E-state index contributed by atoms with van der Waals surface area (Å²) >= 11 is 0. The van der Waals surface area contributed by atoms with Crippen LogP contribution in [0.2, 0.25) is 0 Å². The van der Waals surface area contributed by atoms with E-state index in [2.05, 4.69) is 18.7 Å². The van der Waals surface area contributed by atoms with Gasteiger partial charge in [-0.1, -0.05) is 13.8 Å². The number of hydrogen-bond donors (Lipinski definition) is 0. The number of nitrogens with zero attached hydrogens (tertiary/aromatic N) is 1. The lowest BCUT2D eigenvalue weighted by molar-refractivity contribution is 0.0478. The van der Waals surface area contributed by atoms with Crippen LogP contribution in [-0.4, -0.2) is 51.7 Å². The highest BCUT2D eigenvalue weighted by molar-refractivity contribution is 6.36. The van der Waals surface area contributed by atoms with Crippen LogP contribution < -0.4 is 0 Å². The van der Waals surface area contributed by atoms with E-state index in [9.17, 15) is 0 Å². The summed E-state index contributed by atoms with van der Waals surface area (Å²) in [6, 6.07) is 0. The highest BCUT2D eigenvalue weighted by Gasteiger charge is 2.24. The van der Waals surface area contributed by atoms with Crippen molar-refractivity contribution in [2.45, 2.75) is 20.3 Å². The van der Waals surface area contributed by atoms with E-state index < -0.39 is 7.32 Å². The summed E-state index contributed by atoms with van der Waals surface area (Å²) in [6.07, 6.45) is 0.968. The van der Waals surface area contributed by atoms with Crippen LogP contribution in [0.1, 0.15) is 20.3 Å². The number of rotatable bonds is 6. The van der Waals surface area contributed by atoms with Crippen LogP contribution in [0.15, 0.2) is 0 Å². The molecule has 1 heterocycles. The molecule has 0 saturated carbocycles. The molecule has 0 aromatic rings. The molecule has 0 N–H and O–H groups in total. The first kappa shape index (κ1) is 12.0. The molecule has 14 heavy (non-hydrogen) atoms. The highest BCUT2D eigenvalue weighted by atomic mass is 16.7.